The second kappa shape index (κ2) is 8.64. The van der Waals surface area contributed by atoms with Crippen molar-refractivity contribution in [2.75, 3.05) is 53.9 Å². The number of carbonyl (C=O) groups is 3. The first-order valence-electron chi connectivity index (χ1n) is 11.5. The molecule has 0 unspecified atom stereocenters. The van der Waals surface area contributed by atoms with E-state index in [9.17, 15) is 14.4 Å². The van der Waals surface area contributed by atoms with Crippen molar-refractivity contribution in [2.24, 2.45) is 11.8 Å². The lowest BCUT2D eigenvalue weighted by atomic mass is 9.74. The van der Waals surface area contributed by atoms with Gasteiger partial charge < -0.3 is 24.3 Å². The number of nitrogens with zero attached hydrogens (tertiary/aromatic N) is 4. The van der Waals surface area contributed by atoms with Crippen molar-refractivity contribution in [3.63, 3.8) is 0 Å². The molecule has 174 valence electrons. The van der Waals surface area contributed by atoms with Crippen LogP contribution in [0.25, 0.3) is 0 Å². The number of piperidine rings is 1. The molecule has 1 aromatic rings. The van der Waals surface area contributed by atoms with Crippen molar-refractivity contribution in [1.29, 1.82) is 0 Å². The summed E-state index contributed by atoms with van der Waals surface area (Å²) in [7, 11) is 5.12. The van der Waals surface area contributed by atoms with Crippen molar-refractivity contribution in [3.8, 4) is 5.75 Å². The number of fused-ring (bicyclic) bond motifs is 2. The Balaban J connectivity index is 1.46. The van der Waals surface area contributed by atoms with Gasteiger partial charge in [-0.3, -0.25) is 9.59 Å². The molecule has 0 bridgehead atoms. The predicted octanol–water partition coefficient (Wildman–Crippen LogP) is 1.69. The molecule has 8 heteroatoms. The summed E-state index contributed by atoms with van der Waals surface area (Å²) in [6, 6.07) is 7.59. The normalized spacial score (nSPS) is 24.1. The van der Waals surface area contributed by atoms with Crippen molar-refractivity contribution in [1.82, 2.24) is 19.6 Å². The lowest BCUT2D eigenvalue weighted by Crippen LogP contribution is -2.58. The Labute approximate surface area is 190 Å². The molecule has 4 amide bonds. The number of benzene rings is 1. The van der Waals surface area contributed by atoms with Gasteiger partial charge in [-0.05, 0) is 37.5 Å². The number of carbonyl (C=O) groups excluding carboxylic acids is 3. The minimum atomic E-state index is -0.259. The Hall–Kier alpha value is -2.77. The van der Waals surface area contributed by atoms with Crippen LogP contribution >= 0.6 is 0 Å². The molecule has 3 heterocycles. The summed E-state index contributed by atoms with van der Waals surface area (Å²) in [6.45, 7) is 5.09. The van der Waals surface area contributed by atoms with Crippen molar-refractivity contribution < 1.29 is 19.1 Å². The number of likely N-dealkylation sites (tertiary alicyclic amines) is 3. The molecule has 0 aliphatic carbocycles. The fraction of sp³-hybridized carbons (Fsp3) is 0.625. The summed E-state index contributed by atoms with van der Waals surface area (Å²) >= 11 is 0. The Morgan fingerprint density at radius 1 is 1.16 bits per heavy atom. The highest BCUT2D eigenvalue weighted by Crippen LogP contribution is 2.49. The molecule has 3 aliphatic rings. The largest absolute Gasteiger partial charge is 0.497 e. The van der Waals surface area contributed by atoms with Gasteiger partial charge in [-0.1, -0.05) is 12.1 Å². The lowest BCUT2D eigenvalue weighted by molar-refractivity contribution is -0.137. The van der Waals surface area contributed by atoms with E-state index in [-0.39, 0.29) is 35.2 Å². The van der Waals surface area contributed by atoms with Gasteiger partial charge in [-0.15, -0.1) is 0 Å². The summed E-state index contributed by atoms with van der Waals surface area (Å²) in [4.78, 5) is 46.1. The van der Waals surface area contributed by atoms with E-state index < -0.39 is 0 Å². The third kappa shape index (κ3) is 3.69. The molecule has 2 atom stereocenters. The van der Waals surface area contributed by atoms with Crippen LogP contribution in [0.5, 0.6) is 5.75 Å². The monoisotopic (exact) mass is 442 g/mol. The predicted molar refractivity (Wildman–Crippen MR) is 120 cm³/mol. The molecule has 4 rings (SSSR count). The maximum Gasteiger partial charge on any atom is 0.319 e. The quantitative estimate of drug-likeness (QED) is 0.711. The number of hydrogen-bond donors (Lipinski definition) is 0. The van der Waals surface area contributed by atoms with Gasteiger partial charge in [0.1, 0.15) is 5.75 Å². The summed E-state index contributed by atoms with van der Waals surface area (Å²) in [5.41, 5.74) is 0.680. The first kappa shape index (κ1) is 22.4. The molecule has 0 aromatic heterocycles. The summed E-state index contributed by atoms with van der Waals surface area (Å²) in [6.07, 6.45) is 1.88. The first-order valence-corrected chi connectivity index (χ1v) is 11.5. The highest BCUT2D eigenvalue weighted by Gasteiger charge is 2.61. The summed E-state index contributed by atoms with van der Waals surface area (Å²) in [5, 5.41) is 0. The highest BCUT2D eigenvalue weighted by molar-refractivity contribution is 5.86. The minimum absolute atomic E-state index is 0.0312. The molecule has 0 saturated carbocycles. The van der Waals surface area contributed by atoms with E-state index in [0.717, 1.165) is 24.2 Å². The van der Waals surface area contributed by atoms with Gasteiger partial charge in [0, 0.05) is 52.7 Å². The van der Waals surface area contributed by atoms with Crippen LogP contribution in [0.2, 0.25) is 0 Å². The fourth-order valence-corrected chi connectivity index (χ4v) is 5.98. The standard InChI is InChI=1S/C24H34N4O4/c1-5-28-22(30)19-15-27(23(31)25(2)3)16-20(19)24(28)9-11-26(12-10-24)21(29)14-17-7-6-8-18(13-17)32-4/h6-8,13,19-20H,5,9-12,14-16H2,1-4H3/t19-,20+/m0/s1. The van der Waals surface area contributed by atoms with Crippen molar-refractivity contribution >= 4 is 17.8 Å². The zero-order valence-electron chi connectivity index (χ0n) is 19.5. The van der Waals surface area contributed by atoms with E-state index in [1.165, 1.54) is 0 Å². The Morgan fingerprint density at radius 2 is 1.88 bits per heavy atom. The van der Waals surface area contributed by atoms with E-state index in [0.29, 0.717) is 39.1 Å². The Bertz CT molecular complexity index is 894. The molecule has 1 aromatic carbocycles. The molecule has 32 heavy (non-hydrogen) atoms. The van der Waals surface area contributed by atoms with Crippen LogP contribution in [-0.4, -0.2) is 96.9 Å². The molecule has 3 fully saturated rings. The average Bonchev–Trinajstić information content (AvgIpc) is 3.32. The topological polar surface area (TPSA) is 73.4 Å². The zero-order chi connectivity index (χ0) is 23.0. The van der Waals surface area contributed by atoms with Gasteiger partial charge in [0.15, 0.2) is 0 Å². The smallest absolute Gasteiger partial charge is 0.319 e. The van der Waals surface area contributed by atoms with E-state index in [2.05, 4.69) is 0 Å². The van der Waals surface area contributed by atoms with E-state index in [4.69, 9.17) is 4.74 Å². The number of ether oxygens (including phenoxy) is 1. The molecular formula is C24H34N4O4. The van der Waals surface area contributed by atoms with Gasteiger partial charge in [-0.2, -0.15) is 0 Å². The SMILES string of the molecule is CCN1C(=O)[C@H]2CN(C(=O)N(C)C)C[C@H]2C12CCN(C(=O)Cc1cccc(OC)c1)CC2. The van der Waals surface area contributed by atoms with Crippen molar-refractivity contribution in [2.45, 2.75) is 31.7 Å². The molecule has 0 radical (unpaired) electrons. The number of hydrogen-bond acceptors (Lipinski definition) is 4. The van der Waals surface area contributed by atoms with Gasteiger partial charge >= 0.3 is 6.03 Å². The second-order valence-electron chi connectivity index (χ2n) is 9.39. The number of urea groups is 1. The van der Waals surface area contributed by atoms with Crippen LogP contribution in [0.15, 0.2) is 24.3 Å². The first-order chi connectivity index (χ1) is 15.3. The van der Waals surface area contributed by atoms with Crippen LogP contribution < -0.4 is 4.74 Å². The van der Waals surface area contributed by atoms with Crippen LogP contribution in [0.4, 0.5) is 4.79 Å². The van der Waals surface area contributed by atoms with Gasteiger partial charge in [0.2, 0.25) is 11.8 Å². The van der Waals surface area contributed by atoms with Crippen LogP contribution in [-0.2, 0) is 16.0 Å². The van der Waals surface area contributed by atoms with Crippen LogP contribution in [0.3, 0.4) is 0 Å². The molecule has 3 saturated heterocycles. The fourth-order valence-electron chi connectivity index (χ4n) is 5.98. The minimum Gasteiger partial charge on any atom is -0.497 e. The molecule has 3 aliphatic heterocycles. The zero-order valence-corrected chi connectivity index (χ0v) is 19.5. The molecule has 0 N–H and O–H groups in total. The summed E-state index contributed by atoms with van der Waals surface area (Å²) in [5.74, 6) is 1.03. The Kier molecular flexibility index (Phi) is 6.05. The van der Waals surface area contributed by atoms with E-state index >= 15 is 0 Å². The van der Waals surface area contributed by atoms with Crippen LogP contribution in [0, 0.1) is 11.8 Å². The van der Waals surface area contributed by atoms with Gasteiger partial charge in [0.05, 0.1) is 25.0 Å². The average molecular weight is 443 g/mol. The van der Waals surface area contributed by atoms with E-state index in [1.807, 2.05) is 45.9 Å². The number of methoxy groups -OCH3 is 1. The number of amides is 4. The molecule has 8 nitrogen and oxygen atoms in total. The maximum atomic E-state index is 13.2. The maximum absolute atomic E-state index is 13.2. The van der Waals surface area contributed by atoms with Gasteiger partial charge in [0.25, 0.3) is 0 Å². The summed E-state index contributed by atoms with van der Waals surface area (Å²) < 4.78 is 5.27. The van der Waals surface area contributed by atoms with E-state index in [1.54, 1.807) is 26.1 Å². The van der Waals surface area contributed by atoms with Crippen LogP contribution in [0.1, 0.15) is 25.3 Å². The third-order valence-electron chi connectivity index (χ3n) is 7.57. The second-order valence-corrected chi connectivity index (χ2v) is 9.39. The molecule has 1 spiro atoms. The Morgan fingerprint density at radius 3 is 2.50 bits per heavy atom. The van der Waals surface area contributed by atoms with Crippen molar-refractivity contribution in [3.05, 3.63) is 29.8 Å². The third-order valence-corrected chi connectivity index (χ3v) is 7.57. The van der Waals surface area contributed by atoms with Gasteiger partial charge in [-0.25, -0.2) is 4.79 Å². The number of rotatable bonds is 4. The lowest BCUT2D eigenvalue weighted by Gasteiger charge is -2.47. The highest BCUT2D eigenvalue weighted by atomic mass is 16.5. The molecular weight excluding hydrogens is 408 g/mol.